The van der Waals surface area contributed by atoms with E-state index in [1.165, 1.54) is 6.07 Å². The van der Waals surface area contributed by atoms with Gasteiger partial charge in [-0.05, 0) is 42.2 Å². The first kappa shape index (κ1) is 17.9. The largest absolute Gasteiger partial charge is 0.315 e. The van der Waals surface area contributed by atoms with E-state index < -0.39 is 0 Å². The van der Waals surface area contributed by atoms with Crippen LogP contribution in [0.3, 0.4) is 0 Å². The molecular formula is C19H22FN3OS. The second-order valence-electron chi connectivity index (χ2n) is 6.14. The summed E-state index contributed by atoms with van der Waals surface area (Å²) in [6.45, 7) is 4.78. The van der Waals surface area contributed by atoms with Crippen molar-refractivity contribution in [2.24, 2.45) is 0 Å². The second-order valence-corrected chi connectivity index (χ2v) is 7.29. The van der Waals surface area contributed by atoms with Gasteiger partial charge in [-0.1, -0.05) is 18.9 Å². The number of carbonyl (C=O) groups excluding carboxylic acids is 1. The Morgan fingerprint density at radius 2 is 2.08 bits per heavy atom. The van der Waals surface area contributed by atoms with Crippen LogP contribution in [0.25, 0.3) is 11.1 Å². The monoisotopic (exact) mass is 359 g/mol. The Kier molecular flexibility index (Phi) is 5.39. The number of fused-ring (bicyclic) bond motifs is 1. The molecule has 6 heteroatoms. The van der Waals surface area contributed by atoms with E-state index in [2.05, 4.69) is 16.6 Å². The molecule has 2 aromatic rings. The van der Waals surface area contributed by atoms with Crippen LogP contribution in [0.15, 0.2) is 24.5 Å². The molecule has 0 fully saturated rings. The second kappa shape index (κ2) is 7.54. The fourth-order valence-electron chi connectivity index (χ4n) is 3.12. The predicted octanol–water partition coefficient (Wildman–Crippen LogP) is 3.86. The standard InChI is InChI=1S/C19H22FN3OS/c1-4-25-22-10-14-9-21-11-16(12(14)2)15-7-13-5-6-19(24)23(3)18(13)8-17(15)20/h7-9,11,22H,4-6,10H2,1-3H3. The molecule has 0 atom stereocenters. The van der Waals surface area contributed by atoms with Crippen LogP contribution >= 0.6 is 11.9 Å². The number of hydrogen-bond acceptors (Lipinski definition) is 4. The van der Waals surface area contributed by atoms with Gasteiger partial charge in [-0.15, -0.1) is 0 Å². The third-order valence-electron chi connectivity index (χ3n) is 4.63. The van der Waals surface area contributed by atoms with Crippen LogP contribution in [0.5, 0.6) is 0 Å². The quantitative estimate of drug-likeness (QED) is 0.650. The first-order valence-corrected chi connectivity index (χ1v) is 9.39. The van der Waals surface area contributed by atoms with E-state index in [0.717, 1.165) is 28.0 Å². The van der Waals surface area contributed by atoms with Crippen LogP contribution in [0.4, 0.5) is 10.1 Å². The molecule has 1 aromatic heterocycles. The number of nitrogens with zero attached hydrogens (tertiary/aromatic N) is 2. The van der Waals surface area contributed by atoms with Crippen LogP contribution in [-0.2, 0) is 17.8 Å². The fourth-order valence-corrected chi connectivity index (χ4v) is 3.58. The highest BCUT2D eigenvalue weighted by Gasteiger charge is 2.23. The molecule has 1 amide bonds. The number of nitrogens with one attached hydrogen (secondary N) is 1. The van der Waals surface area contributed by atoms with Crippen molar-refractivity contribution in [1.82, 2.24) is 9.71 Å². The van der Waals surface area contributed by atoms with Crippen molar-refractivity contribution >= 4 is 23.5 Å². The van der Waals surface area contributed by atoms with Crippen molar-refractivity contribution < 1.29 is 9.18 Å². The van der Waals surface area contributed by atoms with E-state index in [1.54, 1.807) is 30.1 Å². The molecule has 1 aliphatic heterocycles. The van der Waals surface area contributed by atoms with Crippen LogP contribution in [0.2, 0.25) is 0 Å². The summed E-state index contributed by atoms with van der Waals surface area (Å²) < 4.78 is 18.1. The Morgan fingerprint density at radius 3 is 2.84 bits per heavy atom. The van der Waals surface area contributed by atoms with Crippen LogP contribution in [0.1, 0.15) is 30.0 Å². The summed E-state index contributed by atoms with van der Waals surface area (Å²) in [5.74, 6) is 0.690. The van der Waals surface area contributed by atoms with Gasteiger partial charge >= 0.3 is 0 Å². The van der Waals surface area contributed by atoms with Gasteiger partial charge in [0.05, 0.1) is 0 Å². The van der Waals surface area contributed by atoms with Gasteiger partial charge in [0, 0.05) is 55.0 Å². The molecule has 3 rings (SSSR count). The van der Waals surface area contributed by atoms with E-state index in [9.17, 15) is 9.18 Å². The van der Waals surface area contributed by atoms with E-state index >= 15 is 0 Å². The minimum atomic E-state index is -0.321. The van der Waals surface area contributed by atoms with Crippen LogP contribution < -0.4 is 9.62 Å². The zero-order chi connectivity index (χ0) is 18.0. The molecule has 25 heavy (non-hydrogen) atoms. The maximum absolute atomic E-state index is 14.8. The van der Waals surface area contributed by atoms with Gasteiger partial charge in [0.2, 0.25) is 5.91 Å². The van der Waals surface area contributed by atoms with Gasteiger partial charge in [0.15, 0.2) is 0 Å². The first-order chi connectivity index (χ1) is 12.0. The van der Waals surface area contributed by atoms with Gasteiger partial charge in [0.1, 0.15) is 5.82 Å². The minimum Gasteiger partial charge on any atom is -0.315 e. The van der Waals surface area contributed by atoms with Gasteiger partial charge in [-0.25, -0.2) is 4.39 Å². The lowest BCUT2D eigenvalue weighted by Gasteiger charge is -2.26. The van der Waals surface area contributed by atoms with Crippen molar-refractivity contribution in [1.29, 1.82) is 0 Å². The molecule has 1 aliphatic rings. The minimum absolute atomic E-state index is 0.0268. The molecule has 4 nitrogen and oxygen atoms in total. The summed E-state index contributed by atoms with van der Waals surface area (Å²) in [5, 5.41) is 0. The molecule has 0 saturated heterocycles. The SMILES string of the molecule is CCSNCc1cncc(-c2cc3c(cc2F)N(C)C(=O)CC3)c1C. The highest BCUT2D eigenvalue weighted by Crippen LogP contribution is 2.35. The molecule has 0 saturated carbocycles. The smallest absolute Gasteiger partial charge is 0.227 e. The molecule has 132 valence electrons. The summed E-state index contributed by atoms with van der Waals surface area (Å²) >= 11 is 1.65. The number of pyridine rings is 1. The Morgan fingerprint density at radius 1 is 1.28 bits per heavy atom. The lowest BCUT2D eigenvalue weighted by Crippen LogP contribution is -2.31. The fraction of sp³-hybridized carbons (Fsp3) is 0.368. The van der Waals surface area contributed by atoms with Crippen molar-refractivity contribution in [3.63, 3.8) is 0 Å². The molecule has 1 aromatic carbocycles. The Hall–Kier alpha value is -1.92. The van der Waals surface area contributed by atoms with E-state index in [1.807, 2.05) is 19.2 Å². The first-order valence-electron chi connectivity index (χ1n) is 8.40. The third-order valence-corrected chi connectivity index (χ3v) is 5.27. The number of rotatable bonds is 5. The molecule has 0 spiro atoms. The maximum atomic E-state index is 14.8. The topological polar surface area (TPSA) is 45.2 Å². The Balaban J connectivity index is 2.00. The molecule has 2 heterocycles. The average Bonchev–Trinajstić information content (AvgIpc) is 2.60. The Labute approximate surface area is 152 Å². The third kappa shape index (κ3) is 3.55. The number of halogens is 1. The summed E-state index contributed by atoms with van der Waals surface area (Å²) in [7, 11) is 1.70. The maximum Gasteiger partial charge on any atom is 0.227 e. The average molecular weight is 359 g/mol. The molecule has 0 bridgehead atoms. The zero-order valence-electron chi connectivity index (χ0n) is 14.7. The number of carbonyl (C=O) groups is 1. The number of benzene rings is 1. The number of amides is 1. The molecule has 0 aliphatic carbocycles. The highest BCUT2D eigenvalue weighted by molar-refractivity contribution is 7.97. The molecule has 0 unspecified atom stereocenters. The number of hydrogen-bond donors (Lipinski definition) is 1. The highest BCUT2D eigenvalue weighted by atomic mass is 32.2. The summed E-state index contributed by atoms with van der Waals surface area (Å²) in [4.78, 5) is 17.7. The van der Waals surface area contributed by atoms with E-state index in [0.29, 0.717) is 30.6 Å². The van der Waals surface area contributed by atoms with E-state index in [4.69, 9.17) is 0 Å². The van der Waals surface area contributed by atoms with Crippen molar-refractivity contribution in [3.8, 4) is 11.1 Å². The van der Waals surface area contributed by atoms with Crippen molar-refractivity contribution in [3.05, 3.63) is 47.0 Å². The van der Waals surface area contributed by atoms with Gasteiger partial charge in [-0.2, -0.15) is 0 Å². The summed E-state index contributed by atoms with van der Waals surface area (Å²) in [6, 6.07) is 3.34. The Bertz CT molecular complexity index is 809. The zero-order valence-corrected chi connectivity index (χ0v) is 15.5. The van der Waals surface area contributed by atoms with E-state index in [-0.39, 0.29) is 11.7 Å². The molecular weight excluding hydrogens is 337 g/mol. The lowest BCUT2D eigenvalue weighted by molar-refractivity contribution is -0.118. The predicted molar refractivity (Wildman–Crippen MR) is 101 cm³/mol. The number of aromatic nitrogens is 1. The van der Waals surface area contributed by atoms with Gasteiger partial charge < -0.3 is 4.90 Å². The van der Waals surface area contributed by atoms with Crippen LogP contribution in [-0.4, -0.2) is 23.7 Å². The van der Waals surface area contributed by atoms with Crippen molar-refractivity contribution in [2.45, 2.75) is 33.2 Å². The summed E-state index contributed by atoms with van der Waals surface area (Å²) in [6.07, 6.45) is 4.65. The number of aryl methyl sites for hydroxylation is 1. The van der Waals surface area contributed by atoms with Crippen molar-refractivity contribution in [2.75, 3.05) is 17.7 Å². The normalized spacial score (nSPS) is 13.9. The lowest BCUT2D eigenvalue weighted by atomic mass is 9.93. The molecule has 0 radical (unpaired) electrons. The van der Waals surface area contributed by atoms with Gasteiger partial charge in [-0.3, -0.25) is 14.5 Å². The van der Waals surface area contributed by atoms with Gasteiger partial charge in [0.25, 0.3) is 0 Å². The summed E-state index contributed by atoms with van der Waals surface area (Å²) in [5.41, 5.74) is 5.11. The van der Waals surface area contributed by atoms with Crippen LogP contribution in [0, 0.1) is 12.7 Å². The molecule has 1 N–H and O–H groups in total. The number of anilines is 1.